The van der Waals surface area contributed by atoms with E-state index >= 15 is 0 Å². The molecule has 0 amide bonds. The maximum atomic E-state index is 6.15. The van der Waals surface area contributed by atoms with Gasteiger partial charge in [-0.15, -0.1) is 0 Å². The number of benzene rings is 1. The third kappa shape index (κ3) is 1.78. The van der Waals surface area contributed by atoms with Gasteiger partial charge in [0.2, 0.25) is 0 Å². The van der Waals surface area contributed by atoms with Crippen LogP contribution in [-0.2, 0) is 0 Å². The highest BCUT2D eigenvalue weighted by Crippen LogP contribution is 2.30. The van der Waals surface area contributed by atoms with Crippen molar-refractivity contribution in [2.45, 2.75) is 19.8 Å². The lowest BCUT2D eigenvalue weighted by Crippen LogP contribution is -2.01. The molecule has 3 nitrogen and oxygen atoms in total. The van der Waals surface area contributed by atoms with Gasteiger partial charge in [0.15, 0.2) is 0 Å². The average molecular weight is 236 g/mol. The van der Waals surface area contributed by atoms with Crippen molar-refractivity contribution in [1.82, 2.24) is 9.78 Å². The van der Waals surface area contributed by atoms with Gasteiger partial charge in [-0.1, -0.05) is 43.6 Å². The van der Waals surface area contributed by atoms with E-state index < -0.39 is 0 Å². The number of para-hydroxylation sites is 1. The zero-order chi connectivity index (χ0) is 11.7. The fraction of sp³-hybridized carbons (Fsp3) is 0.250. The van der Waals surface area contributed by atoms with Crippen molar-refractivity contribution in [2.75, 3.05) is 5.73 Å². The van der Waals surface area contributed by atoms with Gasteiger partial charge in [-0.05, 0) is 18.1 Å². The van der Waals surface area contributed by atoms with Crippen LogP contribution in [0, 0.1) is 0 Å². The molecule has 16 heavy (non-hydrogen) atoms. The lowest BCUT2D eigenvalue weighted by Gasteiger charge is -2.02. The van der Waals surface area contributed by atoms with Gasteiger partial charge in [-0.2, -0.15) is 5.10 Å². The second kappa shape index (κ2) is 4.18. The standard InChI is InChI=1S/C12H14ClN3/c1-8(2)11-10(13)12(14)16(15-11)9-6-4-3-5-7-9/h3-8H,14H2,1-2H3. The zero-order valence-corrected chi connectivity index (χ0v) is 10.1. The van der Waals surface area contributed by atoms with Crippen LogP contribution in [0.15, 0.2) is 30.3 Å². The fourth-order valence-electron chi connectivity index (χ4n) is 1.56. The summed E-state index contributed by atoms with van der Waals surface area (Å²) in [5.74, 6) is 0.760. The predicted molar refractivity (Wildman–Crippen MR) is 67.1 cm³/mol. The molecule has 2 rings (SSSR count). The summed E-state index contributed by atoms with van der Waals surface area (Å²) in [6, 6.07) is 9.74. The number of nitrogen functional groups attached to an aromatic ring is 1. The number of rotatable bonds is 2. The van der Waals surface area contributed by atoms with Crippen molar-refractivity contribution >= 4 is 17.4 Å². The van der Waals surface area contributed by atoms with E-state index in [2.05, 4.69) is 5.10 Å². The van der Waals surface area contributed by atoms with E-state index in [1.54, 1.807) is 4.68 Å². The van der Waals surface area contributed by atoms with Crippen molar-refractivity contribution in [3.63, 3.8) is 0 Å². The quantitative estimate of drug-likeness (QED) is 0.869. The van der Waals surface area contributed by atoms with E-state index in [1.165, 1.54) is 0 Å². The van der Waals surface area contributed by atoms with Gasteiger partial charge >= 0.3 is 0 Å². The molecule has 0 aliphatic heterocycles. The van der Waals surface area contributed by atoms with Crippen molar-refractivity contribution in [3.8, 4) is 5.69 Å². The number of aromatic nitrogens is 2. The molecule has 0 radical (unpaired) electrons. The van der Waals surface area contributed by atoms with Crippen molar-refractivity contribution in [2.24, 2.45) is 0 Å². The molecule has 1 aromatic carbocycles. The maximum Gasteiger partial charge on any atom is 0.146 e. The molecule has 2 N–H and O–H groups in total. The Bertz CT molecular complexity index is 488. The Morgan fingerprint density at radius 3 is 2.38 bits per heavy atom. The summed E-state index contributed by atoms with van der Waals surface area (Å²) >= 11 is 6.15. The minimum absolute atomic E-state index is 0.264. The van der Waals surface area contributed by atoms with Gasteiger partial charge in [0, 0.05) is 0 Å². The normalized spacial score (nSPS) is 11.0. The zero-order valence-electron chi connectivity index (χ0n) is 9.31. The SMILES string of the molecule is CC(C)c1nn(-c2ccccc2)c(N)c1Cl. The second-order valence-corrected chi connectivity index (χ2v) is 4.36. The molecule has 0 bridgehead atoms. The van der Waals surface area contributed by atoms with Crippen LogP contribution in [0.4, 0.5) is 5.82 Å². The smallest absolute Gasteiger partial charge is 0.146 e. The van der Waals surface area contributed by atoms with Crippen LogP contribution >= 0.6 is 11.6 Å². The van der Waals surface area contributed by atoms with Gasteiger partial charge in [-0.3, -0.25) is 0 Å². The van der Waals surface area contributed by atoms with E-state index in [9.17, 15) is 0 Å². The van der Waals surface area contributed by atoms with Crippen LogP contribution in [-0.4, -0.2) is 9.78 Å². The lowest BCUT2D eigenvalue weighted by atomic mass is 10.1. The molecule has 4 heteroatoms. The molecule has 0 spiro atoms. The number of nitrogens with two attached hydrogens (primary N) is 1. The van der Waals surface area contributed by atoms with Crippen molar-refractivity contribution in [1.29, 1.82) is 0 Å². The minimum atomic E-state index is 0.264. The Kier molecular flexibility index (Phi) is 2.88. The predicted octanol–water partition coefficient (Wildman–Crippen LogP) is 3.23. The van der Waals surface area contributed by atoms with Crippen LogP contribution in [0.2, 0.25) is 5.02 Å². The molecule has 0 saturated heterocycles. The van der Waals surface area contributed by atoms with Crippen LogP contribution in [0.3, 0.4) is 0 Å². The Morgan fingerprint density at radius 1 is 1.25 bits per heavy atom. The van der Waals surface area contributed by atoms with Gasteiger partial charge in [0.1, 0.15) is 10.8 Å². The average Bonchev–Trinajstić information content (AvgIpc) is 2.58. The summed E-state index contributed by atoms with van der Waals surface area (Å²) in [4.78, 5) is 0. The number of nitrogens with zero attached hydrogens (tertiary/aromatic N) is 2. The highest BCUT2D eigenvalue weighted by atomic mass is 35.5. The number of hydrogen-bond acceptors (Lipinski definition) is 2. The Morgan fingerprint density at radius 2 is 1.88 bits per heavy atom. The molecule has 0 aliphatic rings. The van der Waals surface area contributed by atoms with Crippen molar-refractivity contribution in [3.05, 3.63) is 41.0 Å². The van der Waals surface area contributed by atoms with Crippen LogP contribution in [0.1, 0.15) is 25.5 Å². The largest absolute Gasteiger partial charge is 0.382 e. The van der Waals surface area contributed by atoms with Crippen molar-refractivity contribution < 1.29 is 0 Å². The summed E-state index contributed by atoms with van der Waals surface area (Å²) in [6.45, 7) is 4.09. The number of anilines is 1. The first kappa shape index (κ1) is 11.0. The van der Waals surface area contributed by atoms with Crippen LogP contribution in [0.25, 0.3) is 5.69 Å². The highest BCUT2D eigenvalue weighted by molar-refractivity contribution is 6.33. The molecular formula is C12H14ClN3. The summed E-state index contributed by atoms with van der Waals surface area (Å²) in [5, 5.41) is 4.99. The minimum Gasteiger partial charge on any atom is -0.382 e. The topological polar surface area (TPSA) is 43.8 Å². The highest BCUT2D eigenvalue weighted by Gasteiger charge is 2.16. The number of hydrogen-bond donors (Lipinski definition) is 1. The third-order valence-electron chi connectivity index (χ3n) is 2.43. The fourth-order valence-corrected chi connectivity index (χ4v) is 1.90. The maximum absolute atomic E-state index is 6.15. The van der Waals surface area contributed by atoms with E-state index in [0.717, 1.165) is 11.4 Å². The first-order valence-corrected chi connectivity index (χ1v) is 5.58. The molecule has 0 saturated carbocycles. The van der Waals surface area contributed by atoms with E-state index in [-0.39, 0.29) is 5.92 Å². The Hall–Kier alpha value is -1.48. The van der Waals surface area contributed by atoms with E-state index in [4.69, 9.17) is 17.3 Å². The van der Waals surface area contributed by atoms with E-state index in [0.29, 0.717) is 10.8 Å². The molecule has 0 aliphatic carbocycles. The summed E-state index contributed by atoms with van der Waals surface area (Å²) in [5.41, 5.74) is 7.70. The summed E-state index contributed by atoms with van der Waals surface area (Å²) < 4.78 is 1.68. The monoisotopic (exact) mass is 235 g/mol. The molecule has 1 heterocycles. The molecular weight excluding hydrogens is 222 g/mol. The van der Waals surface area contributed by atoms with Gasteiger partial charge in [-0.25, -0.2) is 4.68 Å². The second-order valence-electron chi connectivity index (χ2n) is 3.99. The van der Waals surface area contributed by atoms with E-state index in [1.807, 2.05) is 44.2 Å². The molecule has 0 fully saturated rings. The summed E-state index contributed by atoms with van der Waals surface area (Å²) in [6.07, 6.45) is 0. The lowest BCUT2D eigenvalue weighted by molar-refractivity contribution is 0.771. The van der Waals surface area contributed by atoms with Crippen LogP contribution in [0.5, 0.6) is 0 Å². The third-order valence-corrected chi connectivity index (χ3v) is 2.82. The van der Waals surface area contributed by atoms with Crippen LogP contribution < -0.4 is 5.73 Å². The van der Waals surface area contributed by atoms with Gasteiger partial charge in [0.05, 0.1) is 11.4 Å². The molecule has 0 unspecified atom stereocenters. The van der Waals surface area contributed by atoms with Gasteiger partial charge in [0.25, 0.3) is 0 Å². The first-order chi connectivity index (χ1) is 7.61. The molecule has 1 aromatic heterocycles. The Balaban J connectivity index is 2.55. The molecule has 84 valence electrons. The first-order valence-electron chi connectivity index (χ1n) is 5.20. The summed E-state index contributed by atoms with van der Waals surface area (Å²) in [7, 11) is 0. The molecule has 2 aromatic rings. The van der Waals surface area contributed by atoms with Gasteiger partial charge < -0.3 is 5.73 Å². The Labute approximate surface area is 99.8 Å². The number of halogens is 1. The molecule has 0 atom stereocenters.